The molecule has 0 spiro atoms. The number of benzene rings is 2. The molecule has 0 bridgehead atoms. The van der Waals surface area contributed by atoms with Gasteiger partial charge in [0, 0.05) is 12.1 Å². The molecule has 0 aromatic heterocycles. The van der Waals surface area contributed by atoms with Gasteiger partial charge in [0.25, 0.3) is 0 Å². The highest BCUT2D eigenvalue weighted by atomic mass is 16.3. The minimum Gasteiger partial charge on any atom is -0.507 e. The van der Waals surface area contributed by atoms with E-state index in [0.29, 0.717) is 12.2 Å². The van der Waals surface area contributed by atoms with Crippen molar-refractivity contribution in [3.05, 3.63) is 58.7 Å². The van der Waals surface area contributed by atoms with Gasteiger partial charge in [0.2, 0.25) is 5.91 Å². The van der Waals surface area contributed by atoms with E-state index in [1.165, 1.54) is 11.1 Å². The molecule has 2 rings (SSSR count). The summed E-state index contributed by atoms with van der Waals surface area (Å²) in [6, 6.07) is 12.0. The van der Waals surface area contributed by atoms with E-state index < -0.39 is 0 Å². The lowest BCUT2D eigenvalue weighted by atomic mass is 9.99. The maximum absolute atomic E-state index is 11.4. The van der Waals surface area contributed by atoms with E-state index in [1.54, 1.807) is 0 Å². The first kappa shape index (κ1) is 16.1. The van der Waals surface area contributed by atoms with Crippen LogP contribution in [0.5, 0.6) is 5.75 Å². The Bertz CT molecular complexity index is 654. The molecular formula is C19H23NO2. The first-order valence-electron chi connectivity index (χ1n) is 7.67. The minimum absolute atomic E-state index is 0.0296. The summed E-state index contributed by atoms with van der Waals surface area (Å²) in [5.41, 5.74) is 5.09. The smallest absolute Gasteiger partial charge is 0.224 e. The fourth-order valence-corrected chi connectivity index (χ4v) is 2.53. The van der Waals surface area contributed by atoms with Crippen molar-refractivity contribution >= 4 is 11.6 Å². The molecule has 0 radical (unpaired) electrons. The second-order valence-corrected chi connectivity index (χ2v) is 5.68. The van der Waals surface area contributed by atoms with E-state index in [0.717, 1.165) is 29.7 Å². The van der Waals surface area contributed by atoms with Gasteiger partial charge in [-0.05, 0) is 61.1 Å². The van der Waals surface area contributed by atoms with Crippen LogP contribution < -0.4 is 5.32 Å². The third-order valence-electron chi connectivity index (χ3n) is 3.79. The number of phenols is 1. The van der Waals surface area contributed by atoms with Gasteiger partial charge in [-0.3, -0.25) is 4.79 Å². The molecule has 2 N–H and O–H groups in total. The maximum atomic E-state index is 11.4. The number of aryl methyl sites for hydroxylation is 4. The summed E-state index contributed by atoms with van der Waals surface area (Å²) < 4.78 is 0. The van der Waals surface area contributed by atoms with Crippen LogP contribution in [-0.2, 0) is 17.6 Å². The number of rotatable bonds is 5. The summed E-state index contributed by atoms with van der Waals surface area (Å²) in [6.45, 7) is 5.69. The van der Waals surface area contributed by atoms with Crippen molar-refractivity contribution in [3.8, 4) is 5.75 Å². The van der Waals surface area contributed by atoms with Crippen LogP contribution in [0, 0.1) is 13.8 Å². The summed E-state index contributed by atoms with van der Waals surface area (Å²) in [6.07, 6.45) is 2.29. The van der Waals surface area contributed by atoms with Gasteiger partial charge in [0.15, 0.2) is 0 Å². The first-order valence-corrected chi connectivity index (χ1v) is 7.67. The number of aromatic hydroxyl groups is 1. The molecule has 3 nitrogen and oxygen atoms in total. The number of carbonyl (C=O) groups excluding carboxylic acids is 1. The van der Waals surface area contributed by atoms with Crippen molar-refractivity contribution in [3.63, 3.8) is 0 Å². The normalized spacial score (nSPS) is 10.5. The van der Waals surface area contributed by atoms with Gasteiger partial charge in [-0.2, -0.15) is 0 Å². The highest BCUT2D eigenvalue weighted by Gasteiger charge is 2.05. The van der Waals surface area contributed by atoms with Gasteiger partial charge in [-0.25, -0.2) is 0 Å². The molecular weight excluding hydrogens is 274 g/mol. The first-order chi connectivity index (χ1) is 10.5. The molecule has 0 saturated carbocycles. The second-order valence-electron chi connectivity index (χ2n) is 5.68. The molecule has 0 unspecified atom stereocenters. The lowest BCUT2D eigenvalue weighted by molar-refractivity contribution is -0.115. The zero-order chi connectivity index (χ0) is 16.1. The van der Waals surface area contributed by atoms with Crippen LogP contribution in [0.25, 0.3) is 0 Å². The zero-order valence-corrected chi connectivity index (χ0v) is 13.4. The summed E-state index contributed by atoms with van der Waals surface area (Å²) in [5, 5.41) is 12.7. The maximum Gasteiger partial charge on any atom is 0.224 e. The number of hydrogen-bond acceptors (Lipinski definition) is 2. The molecule has 2 aromatic carbocycles. The third-order valence-corrected chi connectivity index (χ3v) is 3.79. The number of carbonyl (C=O) groups is 1. The number of anilines is 1. The predicted molar refractivity (Wildman–Crippen MR) is 90.4 cm³/mol. The third kappa shape index (κ3) is 4.10. The number of amides is 1. The van der Waals surface area contributed by atoms with Crippen molar-refractivity contribution in [2.45, 2.75) is 40.0 Å². The molecule has 3 heteroatoms. The van der Waals surface area contributed by atoms with Crippen LogP contribution in [0.3, 0.4) is 0 Å². The molecule has 1 amide bonds. The predicted octanol–water partition coefficient (Wildman–Crippen LogP) is 4.14. The Labute approximate surface area is 132 Å². The topological polar surface area (TPSA) is 49.3 Å². The summed E-state index contributed by atoms with van der Waals surface area (Å²) in [4.78, 5) is 11.4. The molecule has 0 aliphatic rings. The van der Waals surface area contributed by atoms with E-state index in [4.69, 9.17) is 0 Å². The van der Waals surface area contributed by atoms with E-state index in [2.05, 4.69) is 11.4 Å². The van der Waals surface area contributed by atoms with Gasteiger partial charge in [0.1, 0.15) is 5.75 Å². The molecule has 0 heterocycles. The number of hydrogen-bond donors (Lipinski definition) is 2. The minimum atomic E-state index is 0.0296. The Hall–Kier alpha value is -2.29. The van der Waals surface area contributed by atoms with Crippen LogP contribution >= 0.6 is 0 Å². The standard InChI is InChI=1S/C19H23NO2/c1-4-18(21)20-17-7-5-6-15(12-17)8-9-16-10-13(2)19(22)14(3)11-16/h5-7,10-12,22H,4,8-9H2,1-3H3,(H,20,21). The largest absolute Gasteiger partial charge is 0.507 e. The van der Waals surface area contributed by atoms with Crippen LogP contribution in [0.4, 0.5) is 5.69 Å². The van der Waals surface area contributed by atoms with Crippen molar-refractivity contribution in [2.75, 3.05) is 5.32 Å². The van der Waals surface area contributed by atoms with Gasteiger partial charge in [-0.1, -0.05) is 31.2 Å². The Balaban J connectivity index is 2.05. The summed E-state index contributed by atoms with van der Waals surface area (Å²) >= 11 is 0. The van der Waals surface area contributed by atoms with Crippen LogP contribution in [0.15, 0.2) is 36.4 Å². The van der Waals surface area contributed by atoms with Crippen LogP contribution in [0.2, 0.25) is 0 Å². The SMILES string of the molecule is CCC(=O)Nc1cccc(CCc2cc(C)c(O)c(C)c2)c1. The van der Waals surface area contributed by atoms with E-state index in [1.807, 2.05) is 51.1 Å². The molecule has 0 atom stereocenters. The monoisotopic (exact) mass is 297 g/mol. The van der Waals surface area contributed by atoms with E-state index in [9.17, 15) is 9.90 Å². The number of nitrogens with one attached hydrogen (secondary N) is 1. The van der Waals surface area contributed by atoms with Crippen LogP contribution in [0.1, 0.15) is 35.6 Å². The summed E-state index contributed by atoms with van der Waals surface area (Å²) in [5.74, 6) is 0.412. The van der Waals surface area contributed by atoms with Crippen molar-refractivity contribution in [1.82, 2.24) is 0 Å². The average molecular weight is 297 g/mol. The van der Waals surface area contributed by atoms with Gasteiger partial charge >= 0.3 is 0 Å². The van der Waals surface area contributed by atoms with Gasteiger partial charge < -0.3 is 10.4 Å². The molecule has 0 aliphatic heterocycles. The molecule has 0 saturated heterocycles. The Morgan fingerprint density at radius 2 is 1.68 bits per heavy atom. The Morgan fingerprint density at radius 1 is 1.05 bits per heavy atom. The lowest BCUT2D eigenvalue weighted by Gasteiger charge is -2.09. The second kappa shape index (κ2) is 7.12. The van der Waals surface area contributed by atoms with Crippen molar-refractivity contribution in [1.29, 1.82) is 0 Å². The number of phenolic OH excluding ortho intramolecular Hbond substituents is 1. The molecule has 116 valence electrons. The Kier molecular flexibility index (Phi) is 5.21. The van der Waals surface area contributed by atoms with Crippen molar-refractivity contribution < 1.29 is 9.90 Å². The lowest BCUT2D eigenvalue weighted by Crippen LogP contribution is -2.09. The van der Waals surface area contributed by atoms with Gasteiger partial charge in [0.05, 0.1) is 0 Å². The Morgan fingerprint density at radius 3 is 2.32 bits per heavy atom. The highest BCUT2D eigenvalue weighted by Crippen LogP contribution is 2.24. The zero-order valence-electron chi connectivity index (χ0n) is 13.4. The fraction of sp³-hybridized carbons (Fsp3) is 0.316. The average Bonchev–Trinajstić information content (AvgIpc) is 2.50. The van der Waals surface area contributed by atoms with E-state index in [-0.39, 0.29) is 5.91 Å². The molecule has 0 fully saturated rings. The molecule has 2 aromatic rings. The van der Waals surface area contributed by atoms with E-state index >= 15 is 0 Å². The highest BCUT2D eigenvalue weighted by molar-refractivity contribution is 5.90. The molecule has 0 aliphatic carbocycles. The van der Waals surface area contributed by atoms with Gasteiger partial charge in [-0.15, -0.1) is 0 Å². The fourth-order valence-electron chi connectivity index (χ4n) is 2.53. The quantitative estimate of drug-likeness (QED) is 0.871. The molecule has 22 heavy (non-hydrogen) atoms. The van der Waals surface area contributed by atoms with Crippen molar-refractivity contribution in [2.24, 2.45) is 0 Å². The van der Waals surface area contributed by atoms with Crippen LogP contribution in [-0.4, -0.2) is 11.0 Å². The summed E-state index contributed by atoms with van der Waals surface area (Å²) in [7, 11) is 0.